The summed E-state index contributed by atoms with van der Waals surface area (Å²) in [6.45, 7) is 3.89. The van der Waals surface area contributed by atoms with Crippen LogP contribution in [0.15, 0.2) is 17.1 Å². The lowest BCUT2D eigenvalue weighted by molar-refractivity contribution is 0.0942. The lowest BCUT2D eigenvalue weighted by Crippen LogP contribution is -2.26. The van der Waals surface area contributed by atoms with E-state index in [9.17, 15) is 4.79 Å². The van der Waals surface area contributed by atoms with Crippen LogP contribution in [0.4, 0.5) is 0 Å². The third kappa shape index (κ3) is 2.92. The average molecular weight is 266 g/mol. The number of carbonyl (C=O) groups is 1. The van der Waals surface area contributed by atoms with Crippen LogP contribution in [0.5, 0.6) is 0 Å². The highest BCUT2D eigenvalue weighted by atomic mass is 32.1. The van der Waals surface area contributed by atoms with E-state index in [1.165, 1.54) is 17.7 Å². The number of nitrogens with one attached hydrogen (secondary N) is 1. The van der Waals surface area contributed by atoms with E-state index in [0.717, 1.165) is 17.8 Å². The van der Waals surface area contributed by atoms with Gasteiger partial charge in [-0.1, -0.05) is 12.1 Å². The van der Waals surface area contributed by atoms with Crippen molar-refractivity contribution in [2.75, 3.05) is 0 Å². The summed E-state index contributed by atoms with van der Waals surface area (Å²) in [6, 6.07) is -0.284. The van der Waals surface area contributed by atoms with Crippen molar-refractivity contribution >= 4 is 17.2 Å². The molecule has 0 aromatic carbocycles. The highest BCUT2D eigenvalue weighted by Crippen LogP contribution is 2.16. The number of amides is 1. The van der Waals surface area contributed by atoms with Crippen molar-refractivity contribution in [3.8, 4) is 0 Å². The standard InChI is InChI=1S/C11H14N4O2S/c1-3-4-9-12-5-8(18-9)11(16)14-7(2)10-13-6-17-15-10/h5-7H,3-4H2,1-2H3,(H,14,16)/t7-/m0/s1. The summed E-state index contributed by atoms with van der Waals surface area (Å²) in [6.07, 6.45) is 4.77. The van der Waals surface area contributed by atoms with Crippen molar-refractivity contribution in [3.63, 3.8) is 0 Å². The average Bonchev–Trinajstić information content (AvgIpc) is 3.00. The maximum atomic E-state index is 11.9. The van der Waals surface area contributed by atoms with E-state index < -0.39 is 0 Å². The van der Waals surface area contributed by atoms with Gasteiger partial charge in [0.15, 0.2) is 5.82 Å². The summed E-state index contributed by atoms with van der Waals surface area (Å²) in [5, 5.41) is 7.47. The second-order valence-corrected chi connectivity index (χ2v) is 4.97. The van der Waals surface area contributed by atoms with Gasteiger partial charge in [-0.05, 0) is 19.8 Å². The molecule has 1 amide bonds. The molecule has 0 aliphatic carbocycles. The number of carbonyl (C=O) groups excluding carboxylic acids is 1. The molecular formula is C11H14N4O2S. The second-order valence-electron chi connectivity index (χ2n) is 3.85. The van der Waals surface area contributed by atoms with Gasteiger partial charge in [0.2, 0.25) is 6.39 Å². The monoisotopic (exact) mass is 266 g/mol. The molecule has 0 bridgehead atoms. The molecule has 0 radical (unpaired) electrons. The maximum Gasteiger partial charge on any atom is 0.263 e. The Morgan fingerprint density at radius 1 is 1.56 bits per heavy atom. The number of aryl methyl sites for hydroxylation is 1. The van der Waals surface area contributed by atoms with Crippen LogP contribution in [0.25, 0.3) is 0 Å². The Morgan fingerprint density at radius 3 is 3.06 bits per heavy atom. The van der Waals surface area contributed by atoms with Crippen molar-refractivity contribution in [2.24, 2.45) is 0 Å². The van der Waals surface area contributed by atoms with Crippen LogP contribution in [-0.4, -0.2) is 21.0 Å². The van der Waals surface area contributed by atoms with Crippen molar-refractivity contribution < 1.29 is 9.32 Å². The molecule has 7 heteroatoms. The first kappa shape index (κ1) is 12.7. The fourth-order valence-corrected chi connectivity index (χ4v) is 2.37. The molecule has 18 heavy (non-hydrogen) atoms. The lowest BCUT2D eigenvalue weighted by Gasteiger charge is -2.07. The molecule has 6 nitrogen and oxygen atoms in total. The van der Waals surface area contributed by atoms with Gasteiger partial charge in [0.05, 0.1) is 17.2 Å². The largest absolute Gasteiger partial charge is 0.343 e. The highest BCUT2D eigenvalue weighted by Gasteiger charge is 2.16. The van der Waals surface area contributed by atoms with E-state index in [2.05, 4.69) is 31.9 Å². The van der Waals surface area contributed by atoms with Crippen LogP contribution < -0.4 is 5.32 Å². The highest BCUT2D eigenvalue weighted by molar-refractivity contribution is 7.13. The van der Waals surface area contributed by atoms with Crippen LogP contribution in [0.1, 0.15) is 46.8 Å². The zero-order valence-electron chi connectivity index (χ0n) is 10.2. The molecule has 2 rings (SSSR count). The topological polar surface area (TPSA) is 80.9 Å². The van der Waals surface area contributed by atoms with Gasteiger partial charge >= 0.3 is 0 Å². The predicted molar refractivity (Wildman–Crippen MR) is 66.3 cm³/mol. The number of hydrogen-bond donors (Lipinski definition) is 1. The summed E-state index contributed by atoms with van der Waals surface area (Å²) >= 11 is 1.42. The summed E-state index contributed by atoms with van der Waals surface area (Å²) in [5.41, 5.74) is 0. The minimum Gasteiger partial charge on any atom is -0.343 e. The molecule has 2 aromatic heterocycles. The van der Waals surface area contributed by atoms with Gasteiger partial charge in [0.25, 0.3) is 5.91 Å². The molecule has 0 saturated carbocycles. The van der Waals surface area contributed by atoms with Crippen LogP contribution in [0.2, 0.25) is 0 Å². The Labute approximate surface area is 108 Å². The molecule has 0 saturated heterocycles. The van der Waals surface area contributed by atoms with E-state index in [1.807, 2.05) is 0 Å². The zero-order valence-corrected chi connectivity index (χ0v) is 11.0. The Bertz CT molecular complexity index is 509. The van der Waals surface area contributed by atoms with Gasteiger partial charge in [-0.15, -0.1) is 11.3 Å². The Kier molecular flexibility index (Phi) is 4.03. The van der Waals surface area contributed by atoms with Gasteiger partial charge in [-0.3, -0.25) is 4.79 Å². The smallest absolute Gasteiger partial charge is 0.263 e. The van der Waals surface area contributed by atoms with E-state index in [1.54, 1.807) is 13.1 Å². The molecule has 96 valence electrons. The molecule has 0 fully saturated rings. The quantitative estimate of drug-likeness (QED) is 0.894. The van der Waals surface area contributed by atoms with Gasteiger partial charge in [0, 0.05) is 0 Å². The van der Waals surface area contributed by atoms with E-state index >= 15 is 0 Å². The summed E-state index contributed by atoms with van der Waals surface area (Å²) < 4.78 is 4.64. The fourth-order valence-electron chi connectivity index (χ4n) is 1.45. The number of hydrogen-bond acceptors (Lipinski definition) is 6. The van der Waals surface area contributed by atoms with Gasteiger partial charge in [0.1, 0.15) is 4.88 Å². The third-order valence-electron chi connectivity index (χ3n) is 2.35. The fraction of sp³-hybridized carbons (Fsp3) is 0.455. The normalized spacial score (nSPS) is 12.3. The van der Waals surface area contributed by atoms with Gasteiger partial charge in [-0.25, -0.2) is 4.98 Å². The first-order valence-corrected chi connectivity index (χ1v) is 6.54. The first-order chi connectivity index (χ1) is 8.70. The van der Waals surface area contributed by atoms with Crippen LogP contribution in [-0.2, 0) is 6.42 Å². The van der Waals surface area contributed by atoms with E-state index in [4.69, 9.17) is 0 Å². The van der Waals surface area contributed by atoms with E-state index in [0.29, 0.717) is 10.7 Å². The molecule has 0 spiro atoms. The van der Waals surface area contributed by atoms with Crippen molar-refractivity contribution in [2.45, 2.75) is 32.7 Å². The Hall–Kier alpha value is -1.76. The number of thiazole rings is 1. The number of rotatable bonds is 5. The molecule has 1 N–H and O–H groups in total. The second kappa shape index (κ2) is 5.72. The summed E-state index contributed by atoms with van der Waals surface area (Å²) in [4.78, 5) is 20.6. The first-order valence-electron chi connectivity index (χ1n) is 5.72. The van der Waals surface area contributed by atoms with Crippen molar-refractivity contribution in [1.29, 1.82) is 0 Å². The number of nitrogens with zero attached hydrogens (tertiary/aromatic N) is 3. The third-order valence-corrected chi connectivity index (χ3v) is 3.41. The molecular weight excluding hydrogens is 252 g/mol. The SMILES string of the molecule is CCCc1ncc(C(=O)N[C@@H](C)c2ncon2)s1. The van der Waals surface area contributed by atoms with Crippen LogP contribution in [0, 0.1) is 0 Å². The molecule has 2 heterocycles. The maximum absolute atomic E-state index is 11.9. The predicted octanol–water partition coefficient (Wildman–Crippen LogP) is 1.97. The molecule has 0 aliphatic heterocycles. The molecule has 0 unspecified atom stereocenters. The Balaban J connectivity index is 1.98. The molecule has 2 aromatic rings. The van der Waals surface area contributed by atoms with Gasteiger partial charge < -0.3 is 9.84 Å². The van der Waals surface area contributed by atoms with Crippen LogP contribution >= 0.6 is 11.3 Å². The molecule has 0 aliphatic rings. The Morgan fingerprint density at radius 2 is 2.39 bits per heavy atom. The minimum absolute atomic E-state index is 0.160. The van der Waals surface area contributed by atoms with Crippen LogP contribution in [0.3, 0.4) is 0 Å². The number of aromatic nitrogens is 3. The summed E-state index contributed by atoms with van der Waals surface area (Å²) in [5.74, 6) is 0.300. The zero-order chi connectivity index (χ0) is 13.0. The minimum atomic E-state index is -0.284. The summed E-state index contributed by atoms with van der Waals surface area (Å²) in [7, 11) is 0. The van der Waals surface area contributed by atoms with Crippen molar-refractivity contribution in [1.82, 2.24) is 20.4 Å². The lowest BCUT2D eigenvalue weighted by atomic mass is 10.3. The van der Waals surface area contributed by atoms with Gasteiger partial charge in [-0.2, -0.15) is 4.98 Å². The van der Waals surface area contributed by atoms with Crippen molar-refractivity contribution in [3.05, 3.63) is 28.3 Å². The van der Waals surface area contributed by atoms with E-state index in [-0.39, 0.29) is 11.9 Å². The molecule has 1 atom stereocenters.